The van der Waals surface area contributed by atoms with Crippen molar-refractivity contribution in [2.24, 2.45) is 11.8 Å². The smallest absolute Gasteiger partial charge is 0.306 e. The second kappa shape index (κ2) is 48.9. The van der Waals surface area contributed by atoms with Crippen molar-refractivity contribution in [1.29, 1.82) is 0 Å². The molecule has 0 heterocycles. The topological polar surface area (TPSA) is 78.9 Å². The third-order valence-corrected chi connectivity index (χ3v) is 12.7. The van der Waals surface area contributed by atoms with Gasteiger partial charge in [0.05, 0.1) is 0 Å². The van der Waals surface area contributed by atoms with Crippen LogP contribution in [-0.2, 0) is 28.6 Å². The van der Waals surface area contributed by atoms with E-state index in [4.69, 9.17) is 14.2 Å². The lowest BCUT2D eigenvalue weighted by Gasteiger charge is -2.18. The summed E-state index contributed by atoms with van der Waals surface area (Å²) in [7, 11) is 0. The van der Waals surface area contributed by atoms with Gasteiger partial charge in [-0.25, -0.2) is 0 Å². The summed E-state index contributed by atoms with van der Waals surface area (Å²) in [6.45, 7) is 11.3. The van der Waals surface area contributed by atoms with Crippen molar-refractivity contribution in [1.82, 2.24) is 0 Å². The van der Waals surface area contributed by atoms with E-state index in [-0.39, 0.29) is 31.1 Å². The fraction of sp³-hybridized carbons (Fsp3) is 0.946. The van der Waals surface area contributed by atoms with E-state index in [9.17, 15) is 14.4 Å². The summed E-state index contributed by atoms with van der Waals surface area (Å²) < 4.78 is 16.8. The molecule has 0 bridgehead atoms. The van der Waals surface area contributed by atoms with Crippen LogP contribution in [0.5, 0.6) is 0 Å². The molecule has 0 aliphatic carbocycles. The normalized spacial score (nSPS) is 12.0. The minimum atomic E-state index is -0.762. The first-order valence-corrected chi connectivity index (χ1v) is 27.7. The Kier molecular flexibility index (Phi) is 47.6. The van der Waals surface area contributed by atoms with Crippen LogP contribution in [0.1, 0.15) is 311 Å². The molecule has 0 saturated carbocycles. The molecule has 0 fully saturated rings. The molecule has 0 aromatic rings. The number of ether oxygens (including phenoxy) is 3. The van der Waals surface area contributed by atoms with Crippen molar-refractivity contribution in [2.45, 2.75) is 317 Å². The van der Waals surface area contributed by atoms with E-state index in [0.717, 1.165) is 69.6 Å². The first kappa shape index (κ1) is 60.4. The van der Waals surface area contributed by atoms with Gasteiger partial charge in [-0.15, -0.1) is 0 Å². The average Bonchev–Trinajstić information content (AvgIpc) is 3.24. The van der Waals surface area contributed by atoms with E-state index < -0.39 is 6.10 Å². The van der Waals surface area contributed by atoms with Crippen LogP contribution in [0.2, 0.25) is 0 Å². The van der Waals surface area contributed by atoms with E-state index >= 15 is 0 Å². The molecular formula is C56H108O6. The Morgan fingerprint density at radius 1 is 0.306 bits per heavy atom. The molecule has 1 atom stereocenters. The molecule has 368 valence electrons. The standard InChI is InChI=1S/C56H108O6/c1-6-7-8-9-10-11-12-13-14-15-18-21-24-27-30-36-41-46-54(57)60-49-53(50-61-55(58)47-42-37-33-32-35-40-45-52(4)5)62-56(59)48-43-38-31-28-25-22-19-16-17-20-23-26-29-34-39-44-51(2)3/h51-53H,6-50H2,1-5H3/t53-/m1/s1. The number of carbonyl (C=O) groups is 3. The highest BCUT2D eigenvalue weighted by atomic mass is 16.6. The molecular weight excluding hydrogens is 769 g/mol. The zero-order chi connectivity index (χ0) is 45.4. The van der Waals surface area contributed by atoms with Gasteiger partial charge in [0, 0.05) is 19.3 Å². The van der Waals surface area contributed by atoms with Gasteiger partial charge < -0.3 is 14.2 Å². The third-order valence-electron chi connectivity index (χ3n) is 12.7. The Morgan fingerprint density at radius 2 is 0.532 bits per heavy atom. The van der Waals surface area contributed by atoms with Crippen molar-refractivity contribution in [3.63, 3.8) is 0 Å². The van der Waals surface area contributed by atoms with Gasteiger partial charge in [0.1, 0.15) is 13.2 Å². The van der Waals surface area contributed by atoms with Gasteiger partial charge in [0.25, 0.3) is 0 Å². The average molecular weight is 877 g/mol. The zero-order valence-corrected chi connectivity index (χ0v) is 42.5. The third kappa shape index (κ3) is 49.4. The summed E-state index contributed by atoms with van der Waals surface area (Å²) in [5.74, 6) is 0.763. The molecule has 62 heavy (non-hydrogen) atoms. The molecule has 0 rings (SSSR count). The Morgan fingerprint density at radius 3 is 0.790 bits per heavy atom. The predicted molar refractivity (Wildman–Crippen MR) is 266 cm³/mol. The van der Waals surface area contributed by atoms with E-state index in [1.807, 2.05) is 0 Å². The van der Waals surface area contributed by atoms with E-state index in [2.05, 4.69) is 34.6 Å². The van der Waals surface area contributed by atoms with Crippen LogP contribution >= 0.6 is 0 Å². The van der Waals surface area contributed by atoms with Gasteiger partial charge in [-0.2, -0.15) is 0 Å². The molecule has 0 radical (unpaired) electrons. The number of carbonyl (C=O) groups excluding carboxylic acids is 3. The molecule has 0 aromatic carbocycles. The van der Waals surface area contributed by atoms with Crippen LogP contribution in [-0.4, -0.2) is 37.2 Å². The predicted octanol–water partition coefficient (Wildman–Crippen LogP) is 18.1. The molecule has 0 amide bonds. The van der Waals surface area contributed by atoms with E-state index in [0.29, 0.717) is 19.3 Å². The summed E-state index contributed by atoms with van der Waals surface area (Å²) in [5, 5.41) is 0. The van der Waals surface area contributed by atoms with Crippen LogP contribution in [0, 0.1) is 11.8 Å². The van der Waals surface area contributed by atoms with Gasteiger partial charge in [-0.3, -0.25) is 14.4 Å². The number of hydrogen-bond donors (Lipinski definition) is 0. The van der Waals surface area contributed by atoms with Crippen molar-refractivity contribution in [3.05, 3.63) is 0 Å². The van der Waals surface area contributed by atoms with Gasteiger partial charge in [-0.1, -0.05) is 272 Å². The molecule has 0 unspecified atom stereocenters. The van der Waals surface area contributed by atoms with Crippen molar-refractivity contribution in [3.8, 4) is 0 Å². The molecule has 6 nitrogen and oxygen atoms in total. The largest absolute Gasteiger partial charge is 0.462 e. The fourth-order valence-corrected chi connectivity index (χ4v) is 8.52. The van der Waals surface area contributed by atoms with Gasteiger partial charge >= 0.3 is 17.9 Å². The van der Waals surface area contributed by atoms with Crippen LogP contribution in [0.4, 0.5) is 0 Å². The summed E-state index contributed by atoms with van der Waals surface area (Å²) in [5.41, 5.74) is 0. The highest BCUT2D eigenvalue weighted by Gasteiger charge is 2.19. The summed E-state index contributed by atoms with van der Waals surface area (Å²) >= 11 is 0. The van der Waals surface area contributed by atoms with Gasteiger partial charge in [-0.05, 0) is 31.1 Å². The van der Waals surface area contributed by atoms with Gasteiger partial charge in [0.15, 0.2) is 6.10 Å². The maximum Gasteiger partial charge on any atom is 0.306 e. The van der Waals surface area contributed by atoms with Crippen LogP contribution in [0.3, 0.4) is 0 Å². The van der Waals surface area contributed by atoms with Crippen LogP contribution in [0.25, 0.3) is 0 Å². The Bertz CT molecular complexity index is 947. The molecule has 0 N–H and O–H groups in total. The Labute approximate surface area is 387 Å². The quantitative estimate of drug-likeness (QED) is 0.0344. The van der Waals surface area contributed by atoms with Crippen molar-refractivity contribution in [2.75, 3.05) is 13.2 Å². The second-order valence-electron chi connectivity index (χ2n) is 20.2. The molecule has 0 saturated heterocycles. The van der Waals surface area contributed by atoms with Gasteiger partial charge in [0.2, 0.25) is 0 Å². The highest BCUT2D eigenvalue weighted by molar-refractivity contribution is 5.71. The maximum absolute atomic E-state index is 12.8. The second-order valence-corrected chi connectivity index (χ2v) is 20.2. The summed E-state index contributed by atoms with van der Waals surface area (Å²) in [6, 6.07) is 0. The number of unbranched alkanes of at least 4 members (excludes halogenated alkanes) is 35. The zero-order valence-electron chi connectivity index (χ0n) is 42.5. The minimum Gasteiger partial charge on any atom is -0.462 e. The Hall–Kier alpha value is -1.59. The lowest BCUT2D eigenvalue weighted by atomic mass is 10.0. The lowest BCUT2D eigenvalue weighted by Crippen LogP contribution is -2.30. The first-order chi connectivity index (χ1) is 30.2. The summed E-state index contributed by atoms with van der Waals surface area (Å²) in [4.78, 5) is 38.0. The van der Waals surface area contributed by atoms with Crippen molar-refractivity contribution >= 4 is 17.9 Å². The van der Waals surface area contributed by atoms with Crippen LogP contribution in [0.15, 0.2) is 0 Å². The number of hydrogen-bond acceptors (Lipinski definition) is 6. The SMILES string of the molecule is CCCCCCCCCCCCCCCCCCCC(=O)OC[C@H](COC(=O)CCCCCCCCC(C)C)OC(=O)CCCCCCCCCCCCCCCCCC(C)C. The Balaban J connectivity index is 4.23. The fourth-order valence-electron chi connectivity index (χ4n) is 8.52. The van der Waals surface area contributed by atoms with Crippen molar-refractivity contribution < 1.29 is 28.6 Å². The monoisotopic (exact) mass is 877 g/mol. The number of rotatable bonds is 50. The summed E-state index contributed by atoms with van der Waals surface area (Å²) in [6.07, 6.45) is 51.1. The molecule has 6 heteroatoms. The van der Waals surface area contributed by atoms with E-state index in [1.165, 1.54) is 199 Å². The number of esters is 3. The highest BCUT2D eigenvalue weighted by Crippen LogP contribution is 2.18. The van der Waals surface area contributed by atoms with Crippen LogP contribution < -0.4 is 0 Å². The molecule has 0 spiro atoms. The minimum absolute atomic E-state index is 0.0639. The first-order valence-electron chi connectivity index (χ1n) is 27.7. The molecule has 0 aliphatic rings. The molecule has 0 aliphatic heterocycles. The van der Waals surface area contributed by atoms with E-state index in [1.54, 1.807) is 0 Å². The maximum atomic E-state index is 12.8. The molecule has 0 aromatic heterocycles. The lowest BCUT2D eigenvalue weighted by molar-refractivity contribution is -0.167.